The zero-order valence-electron chi connectivity index (χ0n) is 15.7. The maximum Gasteiger partial charge on any atom is 0.220 e. The number of carbonyl (C=O) groups is 1. The molecule has 2 N–H and O–H groups in total. The van der Waals surface area contributed by atoms with E-state index in [4.69, 9.17) is 14.2 Å². The molecule has 1 heterocycles. The molecule has 6 nitrogen and oxygen atoms in total. The van der Waals surface area contributed by atoms with E-state index in [9.17, 15) is 4.79 Å². The molecule has 1 aromatic carbocycles. The Morgan fingerprint density at radius 3 is 2.28 bits per heavy atom. The van der Waals surface area contributed by atoms with E-state index in [0.717, 1.165) is 37.9 Å². The SMILES string of the molecule is COc1cc(C(C)NC(=O)CCC2CCNCC2)cc(OC)c1OC. The van der Waals surface area contributed by atoms with E-state index in [0.29, 0.717) is 29.6 Å². The van der Waals surface area contributed by atoms with Crippen LogP contribution in [0.5, 0.6) is 17.2 Å². The molecule has 140 valence electrons. The zero-order chi connectivity index (χ0) is 18.2. The Hall–Kier alpha value is -1.95. The number of methoxy groups -OCH3 is 3. The molecule has 25 heavy (non-hydrogen) atoms. The van der Waals surface area contributed by atoms with E-state index in [-0.39, 0.29) is 11.9 Å². The largest absolute Gasteiger partial charge is 0.493 e. The predicted molar refractivity (Wildman–Crippen MR) is 97.5 cm³/mol. The van der Waals surface area contributed by atoms with Gasteiger partial charge in [0.2, 0.25) is 11.7 Å². The van der Waals surface area contributed by atoms with Crippen molar-refractivity contribution in [3.63, 3.8) is 0 Å². The Morgan fingerprint density at radius 1 is 1.16 bits per heavy atom. The second-order valence-corrected chi connectivity index (χ2v) is 6.48. The summed E-state index contributed by atoms with van der Waals surface area (Å²) in [7, 11) is 4.75. The van der Waals surface area contributed by atoms with Crippen LogP contribution < -0.4 is 24.8 Å². The molecule has 1 fully saturated rings. The first-order chi connectivity index (χ1) is 12.1. The monoisotopic (exact) mass is 350 g/mol. The van der Waals surface area contributed by atoms with Gasteiger partial charge in [-0.1, -0.05) is 0 Å². The van der Waals surface area contributed by atoms with Gasteiger partial charge in [-0.05, 0) is 62.9 Å². The molecular formula is C19H30N2O4. The highest BCUT2D eigenvalue weighted by Gasteiger charge is 2.19. The Balaban J connectivity index is 1.97. The minimum Gasteiger partial charge on any atom is -0.493 e. The van der Waals surface area contributed by atoms with E-state index in [2.05, 4.69) is 10.6 Å². The van der Waals surface area contributed by atoms with Crippen LogP contribution in [0.15, 0.2) is 12.1 Å². The molecule has 1 amide bonds. The summed E-state index contributed by atoms with van der Waals surface area (Å²) in [6.07, 6.45) is 3.85. The molecule has 1 atom stereocenters. The minimum absolute atomic E-state index is 0.0831. The lowest BCUT2D eigenvalue weighted by molar-refractivity contribution is -0.122. The second-order valence-electron chi connectivity index (χ2n) is 6.48. The smallest absolute Gasteiger partial charge is 0.220 e. The number of hydrogen-bond donors (Lipinski definition) is 2. The van der Waals surface area contributed by atoms with Crippen LogP contribution in [-0.4, -0.2) is 40.3 Å². The minimum atomic E-state index is -0.130. The molecule has 1 aromatic rings. The van der Waals surface area contributed by atoms with E-state index in [1.165, 1.54) is 0 Å². The third-order valence-electron chi connectivity index (χ3n) is 4.80. The third-order valence-corrected chi connectivity index (χ3v) is 4.80. The molecule has 1 aliphatic heterocycles. The summed E-state index contributed by atoms with van der Waals surface area (Å²) in [4.78, 5) is 12.3. The number of benzene rings is 1. The van der Waals surface area contributed by atoms with Crippen molar-refractivity contribution < 1.29 is 19.0 Å². The van der Waals surface area contributed by atoms with Crippen LogP contribution in [-0.2, 0) is 4.79 Å². The van der Waals surface area contributed by atoms with Gasteiger partial charge in [0.1, 0.15) is 0 Å². The van der Waals surface area contributed by atoms with Crippen LogP contribution in [0.2, 0.25) is 0 Å². The summed E-state index contributed by atoms with van der Waals surface area (Å²) in [5, 5.41) is 6.42. The highest BCUT2D eigenvalue weighted by Crippen LogP contribution is 2.39. The molecule has 0 saturated carbocycles. The number of carbonyl (C=O) groups excluding carboxylic acids is 1. The van der Waals surface area contributed by atoms with Gasteiger partial charge in [0.25, 0.3) is 0 Å². The van der Waals surface area contributed by atoms with Crippen molar-refractivity contribution >= 4 is 5.91 Å². The average molecular weight is 350 g/mol. The van der Waals surface area contributed by atoms with Crippen molar-refractivity contribution in [2.45, 2.75) is 38.6 Å². The van der Waals surface area contributed by atoms with Gasteiger partial charge in [0.15, 0.2) is 11.5 Å². The van der Waals surface area contributed by atoms with Crippen molar-refractivity contribution in [1.82, 2.24) is 10.6 Å². The number of hydrogen-bond acceptors (Lipinski definition) is 5. The summed E-state index contributed by atoms with van der Waals surface area (Å²) in [5.41, 5.74) is 0.921. The van der Waals surface area contributed by atoms with Gasteiger partial charge in [-0.15, -0.1) is 0 Å². The average Bonchev–Trinajstić information content (AvgIpc) is 2.65. The Kier molecular flexibility index (Phi) is 7.37. The highest BCUT2D eigenvalue weighted by molar-refractivity contribution is 5.76. The molecule has 1 unspecified atom stereocenters. The Labute approximate surface area is 150 Å². The van der Waals surface area contributed by atoms with E-state index in [1.807, 2.05) is 19.1 Å². The van der Waals surface area contributed by atoms with Crippen LogP contribution in [0.1, 0.15) is 44.2 Å². The normalized spacial score (nSPS) is 16.2. The van der Waals surface area contributed by atoms with Crippen LogP contribution in [0.3, 0.4) is 0 Å². The summed E-state index contributed by atoms with van der Waals surface area (Å²) >= 11 is 0. The molecular weight excluding hydrogens is 320 g/mol. The molecule has 0 aliphatic carbocycles. The first kappa shape index (κ1) is 19.4. The van der Waals surface area contributed by atoms with E-state index >= 15 is 0 Å². The van der Waals surface area contributed by atoms with Crippen molar-refractivity contribution in [1.29, 1.82) is 0 Å². The fraction of sp³-hybridized carbons (Fsp3) is 0.632. The molecule has 1 aliphatic rings. The van der Waals surface area contributed by atoms with Gasteiger partial charge in [-0.2, -0.15) is 0 Å². The van der Waals surface area contributed by atoms with Gasteiger partial charge in [-0.25, -0.2) is 0 Å². The van der Waals surface area contributed by atoms with Crippen LogP contribution in [0.25, 0.3) is 0 Å². The number of amides is 1. The van der Waals surface area contributed by atoms with Crippen molar-refractivity contribution in [2.24, 2.45) is 5.92 Å². The van der Waals surface area contributed by atoms with E-state index in [1.54, 1.807) is 21.3 Å². The van der Waals surface area contributed by atoms with Gasteiger partial charge >= 0.3 is 0 Å². The predicted octanol–water partition coefficient (Wildman–Crippen LogP) is 2.67. The summed E-state index contributed by atoms with van der Waals surface area (Å²) in [5.74, 6) is 2.47. The Bertz CT molecular complexity index is 546. The number of nitrogens with one attached hydrogen (secondary N) is 2. The molecule has 0 bridgehead atoms. The summed E-state index contributed by atoms with van der Waals surface area (Å²) in [6.45, 7) is 4.09. The highest BCUT2D eigenvalue weighted by atomic mass is 16.5. The van der Waals surface area contributed by atoms with Gasteiger partial charge in [0.05, 0.1) is 27.4 Å². The molecule has 0 aromatic heterocycles. The molecule has 0 radical (unpaired) electrons. The number of rotatable bonds is 8. The summed E-state index contributed by atoms with van der Waals surface area (Å²) in [6, 6.07) is 3.62. The van der Waals surface area contributed by atoms with Crippen LogP contribution in [0, 0.1) is 5.92 Å². The van der Waals surface area contributed by atoms with Crippen molar-refractivity contribution in [3.8, 4) is 17.2 Å². The van der Waals surface area contributed by atoms with E-state index < -0.39 is 0 Å². The maximum absolute atomic E-state index is 12.3. The first-order valence-corrected chi connectivity index (χ1v) is 8.89. The van der Waals surface area contributed by atoms with Crippen LogP contribution >= 0.6 is 0 Å². The van der Waals surface area contributed by atoms with Gasteiger partial charge in [0, 0.05) is 6.42 Å². The maximum atomic E-state index is 12.3. The van der Waals surface area contributed by atoms with Crippen molar-refractivity contribution in [2.75, 3.05) is 34.4 Å². The lowest BCUT2D eigenvalue weighted by Crippen LogP contribution is -2.30. The quantitative estimate of drug-likeness (QED) is 0.754. The molecule has 2 rings (SSSR count). The Morgan fingerprint density at radius 2 is 1.76 bits per heavy atom. The number of piperidine rings is 1. The van der Waals surface area contributed by atoms with Gasteiger partial charge in [-0.3, -0.25) is 4.79 Å². The van der Waals surface area contributed by atoms with Crippen LogP contribution in [0.4, 0.5) is 0 Å². The number of ether oxygens (including phenoxy) is 3. The zero-order valence-corrected chi connectivity index (χ0v) is 15.7. The fourth-order valence-corrected chi connectivity index (χ4v) is 3.25. The summed E-state index contributed by atoms with van der Waals surface area (Å²) < 4.78 is 16.1. The fourth-order valence-electron chi connectivity index (χ4n) is 3.25. The molecule has 6 heteroatoms. The third kappa shape index (κ3) is 5.26. The lowest BCUT2D eigenvalue weighted by Gasteiger charge is -2.23. The second kappa shape index (κ2) is 9.51. The topological polar surface area (TPSA) is 68.8 Å². The molecule has 1 saturated heterocycles. The van der Waals surface area contributed by atoms with Gasteiger partial charge < -0.3 is 24.8 Å². The standard InChI is InChI=1S/C19H30N2O4/c1-13(21-18(22)6-5-14-7-9-20-10-8-14)15-11-16(23-2)19(25-4)17(12-15)24-3/h11-14,20H,5-10H2,1-4H3,(H,21,22). The van der Waals surface area contributed by atoms with Crippen molar-refractivity contribution in [3.05, 3.63) is 17.7 Å². The molecule has 0 spiro atoms. The first-order valence-electron chi connectivity index (χ1n) is 8.89. The lowest BCUT2D eigenvalue weighted by atomic mass is 9.93.